The van der Waals surface area contributed by atoms with Crippen LogP contribution in [0.3, 0.4) is 0 Å². The molecular formula is C20H18N2O3. The van der Waals surface area contributed by atoms with E-state index in [0.717, 1.165) is 6.42 Å². The van der Waals surface area contributed by atoms with Crippen molar-refractivity contribution in [2.24, 2.45) is 0 Å². The molecule has 0 saturated heterocycles. The highest BCUT2D eigenvalue weighted by Crippen LogP contribution is 2.22. The van der Waals surface area contributed by atoms with Gasteiger partial charge in [0.15, 0.2) is 0 Å². The standard InChI is InChI=1S/C20H18N2O3/c23-20(10-9-16-5-4-8-19(15-16)22(24)25)21-13-11-18(12-14-21)17-6-2-1-3-7-17/h1-11,15H,12-14H2. The van der Waals surface area contributed by atoms with E-state index >= 15 is 0 Å². The van der Waals surface area contributed by atoms with Crippen molar-refractivity contribution in [2.75, 3.05) is 13.1 Å². The maximum absolute atomic E-state index is 12.3. The number of carbonyl (C=O) groups is 1. The van der Waals surface area contributed by atoms with Gasteiger partial charge < -0.3 is 4.90 Å². The van der Waals surface area contributed by atoms with Gasteiger partial charge in [-0.1, -0.05) is 48.5 Å². The molecule has 1 heterocycles. The van der Waals surface area contributed by atoms with Gasteiger partial charge in [0.25, 0.3) is 5.69 Å². The molecule has 0 bridgehead atoms. The van der Waals surface area contributed by atoms with Crippen molar-refractivity contribution in [3.63, 3.8) is 0 Å². The van der Waals surface area contributed by atoms with Crippen LogP contribution in [0, 0.1) is 10.1 Å². The van der Waals surface area contributed by atoms with Crippen molar-refractivity contribution in [1.29, 1.82) is 0 Å². The van der Waals surface area contributed by atoms with Gasteiger partial charge in [0.1, 0.15) is 0 Å². The van der Waals surface area contributed by atoms with Crippen molar-refractivity contribution in [3.05, 3.63) is 88.0 Å². The number of rotatable bonds is 4. The van der Waals surface area contributed by atoms with E-state index in [2.05, 4.69) is 18.2 Å². The van der Waals surface area contributed by atoms with Crippen molar-refractivity contribution < 1.29 is 9.72 Å². The van der Waals surface area contributed by atoms with Crippen LogP contribution in [0.5, 0.6) is 0 Å². The third kappa shape index (κ3) is 4.20. The van der Waals surface area contributed by atoms with E-state index in [1.165, 1.54) is 29.3 Å². The molecule has 2 aromatic carbocycles. The maximum atomic E-state index is 12.3. The molecule has 0 spiro atoms. The van der Waals surface area contributed by atoms with Crippen LogP contribution >= 0.6 is 0 Å². The average Bonchev–Trinajstić information content (AvgIpc) is 2.67. The van der Waals surface area contributed by atoms with Gasteiger partial charge in [-0.2, -0.15) is 0 Å². The Labute approximate surface area is 146 Å². The molecule has 0 unspecified atom stereocenters. The molecule has 1 aliphatic heterocycles. The zero-order chi connectivity index (χ0) is 17.6. The van der Waals surface area contributed by atoms with Crippen LogP contribution in [0.4, 0.5) is 5.69 Å². The monoisotopic (exact) mass is 334 g/mol. The van der Waals surface area contributed by atoms with Crippen molar-refractivity contribution in [1.82, 2.24) is 4.90 Å². The summed E-state index contributed by atoms with van der Waals surface area (Å²) in [6, 6.07) is 16.4. The number of non-ortho nitro benzene ring substituents is 1. The van der Waals surface area contributed by atoms with E-state index in [9.17, 15) is 14.9 Å². The topological polar surface area (TPSA) is 63.4 Å². The fourth-order valence-corrected chi connectivity index (χ4v) is 2.80. The average molecular weight is 334 g/mol. The molecule has 3 rings (SSSR count). The van der Waals surface area contributed by atoms with E-state index in [1.54, 1.807) is 23.1 Å². The number of carbonyl (C=O) groups excluding carboxylic acids is 1. The predicted octanol–water partition coefficient (Wildman–Crippen LogP) is 3.92. The van der Waals surface area contributed by atoms with Gasteiger partial charge in [0.2, 0.25) is 5.91 Å². The lowest BCUT2D eigenvalue weighted by atomic mass is 9.99. The summed E-state index contributed by atoms with van der Waals surface area (Å²) in [6.45, 7) is 1.24. The first-order valence-electron chi connectivity index (χ1n) is 8.09. The Hall–Kier alpha value is -3.21. The summed E-state index contributed by atoms with van der Waals surface area (Å²) in [4.78, 5) is 24.4. The second-order valence-corrected chi connectivity index (χ2v) is 5.82. The number of amides is 1. The minimum Gasteiger partial charge on any atom is -0.335 e. The van der Waals surface area contributed by atoms with Crippen LogP contribution in [-0.2, 0) is 4.79 Å². The lowest BCUT2D eigenvalue weighted by molar-refractivity contribution is -0.384. The summed E-state index contributed by atoms with van der Waals surface area (Å²) in [5, 5.41) is 10.8. The maximum Gasteiger partial charge on any atom is 0.270 e. The highest BCUT2D eigenvalue weighted by Gasteiger charge is 2.16. The molecule has 1 amide bonds. The zero-order valence-corrected chi connectivity index (χ0v) is 13.7. The summed E-state index contributed by atoms with van der Waals surface area (Å²) >= 11 is 0. The zero-order valence-electron chi connectivity index (χ0n) is 13.7. The molecule has 0 saturated carbocycles. The summed E-state index contributed by atoms with van der Waals surface area (Å²) in [7, 11) is 0. The lowest BCUT2D eigenvalue weighted by Gasteiger charge is -2.25. The summed E-state index contributed by atoms with van der Waals surface area (Å²) < 4.78 is 0. The minimum absolute atomic E-state index is 0.0167. The Kier molecular flexibility index (Phi) is 5.04. The molecule has 126 valence electrons. The molecule has 2 aromatic rings. The molecule has 0 fully saturated rings. The molecule has 0 aromatic heterocycles. The van der Waals surface area contributed by atoms with Crippen molar-refractivity contribution in [3.8, 4) is 0 Å². The molecule has 0 N–H and O–H groups in total. The Morgan fingerprint density at radius 1 is 1.12 bits per heavy atom. The number of benzene rings is 2. The van der Waals surface area contributed by atoms with Crippen LogP contribution in [0.1, 0.15) is 17.5 Å². The Morgan fingerprint density at radius 3 is 2.60 bits per heavy atom. The molecule has 5 heteroatoms. The van der Waals surface area contributed by atoms with Gasteiger partial charge in [-0.25, -0.2) is 0 Å². The second kappa shape index (κ2) is 7.57. The number of nitro benzene ring substituents is 1. The van der Waals surface area contributed by atoms with Gasteiger partial charge >= 0.3 is 0 Å². The van der Waals surface area contributed by atoms with E-state index in [-0.39, 0.29) is 11.6 Å². The number of nitro groups is 1. The van der Waals surface area contributed by atoms with E-state index < -0.39 is 4.92 Å². The highest BCUT2D eigenvalue weighted by atomic mass is 16.6. The van der Waals surface area contributed by atoms with E-state index in [0.29, 0.717) is 18.7 Å². The Morgan fingerprint density at radius 2 is 1.92 bits per heavy atom. The number of hydrogen-bond donors (Lipinski definition) is 0. The Balaban J connectivity index is 1.64. The molecule has 5 nitrogen and oxygen atoms in total. The van der Waals surface area contributed by atoms with Gasteiger partial charge in [-0.3, -0.25) is 14.9 Å². The molecule has 25 heavy (non-hydrogen) atoms. The first kappa shape index (κ1) is 16.6. The molecule has 0 radical (unpaired) electrons. The first-order valence-corrected chi connectivity index (χ1v) is 8.09. The van der Waals surface area contributed by atoms with Gasteiger partial charge in [0.05, 0.1) is 4.92 Å². The molecular weight excluding hydrogens is 316 g/mol. The largest absolute Gasteiger partial charge is 0.335 e. The number of hydrogen-bond acceptors (Lipinski definition) is 3. The normalized spacial score (nSPS) is 14.4. The summed E-state index contributed by atoms with van der Waals surface area (Å²) in [6.07, 6.45) is 5.99. The van der Waals surface area contributed by atoms with Crippen molar-refractivity contribution >= 4 is 23.2 Å². The van der Waals surface area contributed by atoms with Crippen LogP contribution in [0.25, 0.3) is 11.6 Å². The van der Waals surface area contributed by atoms with Crippen LogP contribution in [0.15, 0.2) is 66.7 Å². The summed E-state index contributed by atoms with van der Waals surface area (Å²) in [5.74, 6) is -0.0881. The van der Waals surface area contributed by atoms with Crippen LogP contribution in [0.2, 0.25) is 0 Å². The van der Waals surface area contributed by atoms with E-state index in [1.807, 2.05) is 18.2 Å². The fourth-order valence-electron chi connectivity index (χ4n) is 2.80. The second-order valence-electron chi connectivity index (χ2n) is 5.82. The van der Waals surface area contributed by atoms with Gasteiger partial charge in [-0.05, 0) is 29.2 Å². The smallest absolute Gasteiger partial charge is 0.270 e. The Bertz CT molecular complexity index is 841. The molecule has 0 atom stereocenters. The quantitative estimate of drug-likeness (QED) is 0.483. The first-order chi connectivity index (χ1) is 12.1. The SMILES string of the molecule is O=C(C=Cc1cccc([N+](=O)[O-])c1)N1CC=C(c2ccccc2)CC1. The van der Waals surface area contributed by atoms with Crippen LogP contribution < -0.4 is 0 Å². The highest BCUT2D eigenvalue weighted by molar-refractivity contribution is 5.92. The molecule has 1 aliphatic rings. The van der Waals surface area contributed by atoms with Gasteiger partial charge in [0, 0.05) is 31.3 Å². The van der Waals surface area contributed by atoms with Gasteiger partial charge in [-0.15, -0.1) is 0 Å². The number of nitrogens with zero attached hydrogens (tertiary/aromatic N) is 2. The third-order valence-corrected chi connectivity index (χ3v) is 4.16. The minimum atomic E-state index is -0.445. The molecule has 0 aliphatic carbocycles. The fraction of sp³-hybridized carbons (Fsp3) is 0.150. The van der Waals surface area contributed by atoms with E-state index in [4.69, 9.17) is 0 Å². The lowest BCUT2D eigenvalue weighted by Crippen LogP contribution is -2.33. The third-order valence-electron chi connectivity index (χ3n) is 4.16. The van der Waals surface area contributed by atoms with Crippen molar-refractivity contribution in [2.45, 2.75) is 6.42 Å². The van der Waals surface area contributed by atoms with Crippen LogP contribution in [-0.4, -0.2) is 28.8 Å². The summed E-state index contributed by atoms with van der Waals surface area (Å²) in [5.41, 5.74) is 3.11. The predicted molar refractivity (Wildman–Crippen MR) is 97.7 cm³/mol.